The lowest BCUT2D eigenvalue weighted by Gasteiger charge is -2.38. The number of nitrogens with one attached hydrogen (secondary N) is 1. The molecule has 1 fully saturated rings. The van der Waals surface area contributed by atoms with Crippen LogP contribution >= 0.6 is 0 Å². The number of terminal acetylenes is 1. The van der Waals surface area contributed by atoms with Crippen LogP contribution in [0.15, 0.2) is 23.2 Å². The number of carbonyl (C=O) groups excluding carboxylic acids is 1. The van der Waals surface area contributed by atoms with Gasteiger partial charge in [-0.3, -0.25) is 9.79 Å². The number of carbonyl (C=O) groups is 1. The average molecular weight is 353 g/mol. The summed E-state index contributed by atoms with van der Waals surface area (Å²) in [5.41, 5.74) is 4.09. The van der Waals surface area contributed by atoms with Crippen LogP contribution in [0.3, 0.4) is 0 Å². The van der Waals surface area contributed by atoms with Crippen molar-refractivity contribution in [1.82, 2.24) is 5.32 Å². The Labute approximate surface area is 155 Å². The molecule has 3 rings (SSSR count). The molecule has 0 saturated carbocycles. The predicted molar refractivity (Wildman–Crippen MR) is 105 cm³/mol. The van der Waals surface area contributed by atoms with Gasteiger partial charge in [0.15, 0.2) is 6.10 Å². The Bertz CT molecular complexity index is 748. The Balaban J connectivity index is 2.06. The minimum absolute atomic E-state index is 0.00697. The van der Waals surface area contributed by atoms with E-state index in [0.717, 1.165) is 35.5 Å². The number of benzene rings is 1. The van der Waals surface area contributed by atoms with E-state index in [0.29, 0.717) is 19.6 Å². The molecule has 1 aromatic rings. The van der Waals surface area contributed by atoms with Gasteiger partial charge in [0.1, 0.15) is 0 Å². The smallest absolute Gasteiger partial charge is 0.258 e. The van der Waals surface area contributed by atoms with Gasteiger partial charge >= 0.3 is 0 Å². The van der Waals surface area contributed by atoms with Crippen molar-refractivity contribution < 1.29 is 9.53 Å². The van der Waals surface area contributed by atoms with Gasteiger partial charge in [0.05, 0.1) is 6.04 Å². The number of aliphatic imine (C=N–C) groups is 1. The lowest BCUT2D eigenvalue weighted by atomic mass is 9.90. The van der Waals surface area contributed by atoms with Crippen molar-refractivity contribution in [3.8, 4) is 12.3 Å². The summed E-state index contributed by atoms with van der Waals surface area (Å²) in [6.07, 6.45) is 6.35. The van der Waals surface area contributed by atoms with Gasteiger partial charge in [-0.2, -0.15) is 0 Å². The summed E-state index contributed by atoms with van der Waals surface area (Å²) < 4.78 is 5.92. The van der Waals surface area contributed by atoms with Crippen LogP contribution in [0, 0.1) is 12.3 Å². The number of amides is 1. The standard InChI is InChI=1S/C21H27N3O2/c1-5-6-11-24-18-9-8-16(15(4)23-14(2)3)13-17(18)19-20(21(24)25)26-12-7-10-22-19/h1,8-9,13-14,19-20,22H,6-7,10-12H2,2-4H3. The number of ether oxygens (including phenoxy) is 1. The maximum Gasteiger partial charge on any atom is 0.258 e. The summed E-state index contributed by atoms with van der Waals surface area (Å²) in [6, 6.07) is 6.31. The molecule has 5 heteroatoms. The van der Waals surface area contributed by atoms with Gasteiger partial charge < -0.3 is 15.0 Å². The summed E-state index contributed by atoms with van der Waals surface area (Å²) in [4.78, 5) is 19.5. The molecule has 0 spiro atoms. The molecule has 2 aliphatic heterocycles. The van der Waals surface area contributed by atoms with Crippen molar-refractivity contribution in [1.29, 1.82) is 0 Å². The second-order valence-electron chi connectivity index (χ2n) is 7.10. The number of rotatable bonds is 4. The highest BCUT2D eigenvalue weighted by Gasteiger charge is 2.41. The minimum atomic E-state index is -0.500. The Morgan fingerprint density at radius 3 is 3.04 bits per heavy atom. The molecule has 26 heavy (non-hydrogen) atoms. The number of nitrogens with zero attached hydrogens (tertiary/aromatic N) is 2. The lowest BCUT2D eigenvalue weighted by Crippen LogP contribution is -2.51. The van der Waals surface area contributed by atoms with E-state index in [-0.39, 0.29) is 18.0 Å². The minimum Gasteiger partial charge on any atom is -0.366 e. The number of hydrogen-bond acceptors (Lipinski definition) is 4. The van der Waals surface area contributed by atoms with Crippen LogP contribution in [-0.4, -0.2) is 43.5 Å². The van der Waals surface area contributed by atoms with Gasteiger partial charge in [0.25, 0.3) is 5.91 Å². The van der Waals surface area contributed by atoms with Crippen LogP contribution in [0.25, 0.3) is 0 Å². The van der Waals surface area contributed by atoms with Gasteiger partial charge in [0, 0.05) is 37.0 Å². The molecule has 0 aromatic heterocycles. The van der Waals surface area contributed by atoms with Crippen molar-refractivity contribution in [2.45, 2.75) is 51.8 Å². The number of hydrogen-bond donors (Lipinski definition) is 1. The van der Waals surface area contributed by atoms with Crippen LogP contribution in [0.4, 0.5) is 5.69 Å². The van der Waals surface area contributed by atoms with E-state index in [1.165, 1.54) is 0 Å². The first-order valence-corrected chi connectivity index (χ1v) is 9.31. The first-order chi connectivity index (χ1) is 12.5. The second-order valence-corrected chi connectivity index (χ2v) is 7.10. The van der Waals surface area contributed by atoms with E-state index >= 15 is 0 Å². The fourth-order valence-electron chi connectivity index (χ4n) is 3.65. The van der Waals surface area contributed by atoms with Gasteiger partial charge in [-0.25, -0.2) is 0 Å². The third kappa shape index (κ3) is 3.67. The molecule has 0 bridgehead atoms. The van der Waals surface area contributed by atoms with E-state index in [1.807, 2.05) is 19.1 Å². The van der Waals surface area contributed by atoms with Gasteiger partial charge in [0.2, 0.25) is 0 Å². The zero-order valence-electron chi connectivity index (χ0n) is 15.8. The van der Waals surface area contributed by atoms with E-state index in [9.17, 15) is 4.79 Å². The summed E-state index contributed by atoms with van der Waals surface area (Å²) in [5, 5.41) is 3.50. The molecule has 1 amide bonds. The quantitative estimate of drug-likeness (QED) is 0.669. The molecule has 138 valence electrons. The third-order valence-electron chi connectivity index (χ3n) is 4.80. The van der Waals surface area contributed by atoms with Gasteiger partial charge in [-0.1, -0.05) is 6.07 Å². The summed E-state index contributed by atoms with van der Waals surface area (Å²) in [6.45, 7) is 8.10. The summed E-state index contributed by atoms with van der Waals surface area (Å²) in [5.74, 6) is 2.63. The zero-order valence-corrected chi connectivity index (χ0v) is 15.8. The van der Waals surface area contributed by atoms with Crippen molar-refractivity contribution >= 4 is 17.3 Å². The van der Waals surface area contributed by atoms with Crippen molar-refractivity contribution in [2.24, 2.45) is 4.99 Å². The number of anilines is 1. The van der Waals surface area contributed by atoms with Crippen LogP contribution in [0.1, 0.15) is 50.8 Å². The molecule has 2 aliphatic rings. The SMILES string of the molecule is C#CCCN1C(=O)C2OCCCNC2c2cc(C(C)=NC(C)C)ccc21. The highest BCUT2D eigenvalue weighted by Crippen LogP contribution is 2.37. The third-order valence-corrected chi connectivity index (χ3v) is 4.80. The van der Waals surface area contributed by atoms with Crippen molar-refractivity contribution in [3.63, 3.8) is 0 Å². The topological polar surface area (TPSA) is 53.9 Å². The van der Waals surface area contributed by atoms with E-state index in [4.69, 9.17) is 11.2 Å². The molecule has 2 heterocycles. The largest absolute Gasteiger partial charge is 0.366 e. The molecule has 2 unspecified atom stereocenters. The highest BCUT2D eigenvalue weighted by molar-refractivity contribution is 6.03. The Hall–Kier alpha value is -2.16. The normalized spacial score (nSPS) is 23.3. The molecule has 1 saturated heterocycles. The molecule has 1 aromatic carbocycles. The zero-order chi connectivity index (χ0) is 18.7. The second kappa shape index (κ2) is 8.03. The van der Waals surface area contributed by atoms with Crippen LogP contribution in [0.2, 0.25) is 0 Å². The van der Waals surface area contributed by atoms with E-state index in [1.54, 1.807) is 4.90 Å². The molecule has 0 radical (unpaired) electrons. The van der Waals surface area contributed by atoms with Crippen molar-refractivity contribution in [2.75, 3.05) is 24.6 Å². The first kappa shape index (κ1) is 18.6. The fourth-order valence-corrected chi connectivity index (χ4v) is 3.65. The Morgan fingerprint density at radius 1 is 1.50 bits per heavy atom. The van der Waals surface area contributed by atoms with Crippen molar-refractivity contribution in [3.05, 3.63) is 29.3 Å². The molecule has 2 atom stereocenters. The fraction of sp³-hybridized carbons (Fsp3) is 0.524. The predicted octanol–water partition coefficient (Wildman–Crippen LogP) is 2.69. The van der Waals surface area contributed by atoms with Crippen LogP contribution in [0.5, 0.6) is 0 Å². The van der Waals surface area contributed by atoms with E-state index in [2.05, 4.69) is 36.1 Å². The molecular formula is C21H27N3O2. The summed E-state index contributed by atoms with van der Waals surface area (Å²) >= 11 is 0. The highest BCUT2D eigenvalue weighted by atomic mass is 16.5. The summed E-state index contributed by atoms with van der Waals surface area (Å²) in [7, 11) is 0. The molecule has 0 aliphatic carbocycles. The van der Waals surface area contributed by atoms with Gasteiger partial charge in [-0.15, -0.1) is 12.3 Å². The Kier molecular flexibility index (Phi) is 5.75. The average Bonchev–Trinajstić information content (AvgIpc) is 2.87. The molecular weight excluding hydrogens is 326 g/mol. The van der Waals surface area contributed by atoms with Crippen LogP contribution in [-0.2, 0) is 9.53 Å². The van der Waals surface area contributed by atoms with Crippen LogP contribution < -0.4 is 10.2 Å². The monoisotopic (exact) mass is 353 g/mol. The molecule has 1 N–H and O–H groups in total. The maximum absolute atomic E-state index is 13.0. The number of fused-ring (bicyclic) bond motifs is 3. The van der Waals surface area contributed by atoms with E-state index < -0.39 is 6.10 Å². The lowest BCUT2D eigenvalue weighted by molar-refractivity contribution is -0.132. The molecule has 5 nitrogen and oxygen atoms in total. The first-order valence-electron chi connectivity index (χ1n) is 9.31. The maximum atomic E-state index is 13.0. The van der Waals surface area contributed by atoms with Gasteiger partial charge in [-0.05, 0) is 57.0 Å². The Morgan fingerprint density at radius 2 is 2.31 bits per heavy atom.